The predicted octanol–water partition coefficient (Wildman–Crippen LogP) is 0.190. The van der Waals surface area contributed by atoms with Gasteiger partial charge in [-0.2, -0.15) is 0 Å². The van der Waals surface area contributed by atoms with E-state index in [1.54, 1.807) is 12.1 Å². The van der Waals surface area contributed by atoms with E-state index in [0.29, 0.717) is 0 Å². The average molecular weight is 296 g/mol. The fourth-order valence-electron chi connectivity index (χ4n) is 1.44. The summed E-state index contributed by atoms with van der Waals surface area (Å²) < 4.78 is 0. The van der Waals surface area contributed by atoms with Gasteiger partial charge in [0.25, 0.3) is 0 Å². The van der Waals surface area contributed by atoms with Gasteiger partial charge < -0.3 is 4.84 Å². The molecular weight excluding hydrogens is 290 g/mol. The number of fused-ring (bicyclic) bond motifs is 1. The van der Waals surface area contributed by atoms with E-state index in [1.807, 2.05) is 0 Å². The molecule has 0 unspecified atom stereocenters. The van der Waals surface area contributed by atoms with E-state index in [0.717, 1.165) is 0 Å². The molecule has 6 heteroatoms. The Balaban J connectivity index is 2.67. The van der Waals surface area contributed by atoms with Crippen LogP contribution in [-0.2, 0) is 9.63 Å². The minimum atomic E-state index is -0.672. The highest BCUT2D eigenvalue weighted by Crippen LogP contribution is 2.01. The summed E-state index contributed by atoms with van der Waals surface area (Å²) in [5.74, 6) is -0.672. The molecule has 0 aliphatic rings. The van der Waals surface area contributed by atoms with Crippen LogP contribution >= 0.6 is 15.9 Å². The normalized spacial score (nSPS) is 10.4. The van der Waals surface area contributed by atoms with E-state index in [9.17, 15) is 14.4 Å². The molecule has 0 spiro atoms. The van der Waals surface area contributed by atoms with Gasteiger partial charge in [0.2, 0.25) is 10.9 Å². The second-order valence-electron chi connectivity index (χ2n) is 3.24. The Morgan fingerprint density at radius 3 is 2.18 bits per heavy atom. The molecule has 0 fully saturated rings. The quantitative estimate of drug-likeness (QED) is 0.450. The van der Waals surface area contributed by atoms with Gasteiger partial charge >= 0.3 is 5.97 Å². The summed E-state index contributed by atoms with van der Waals surface area (Å²) in [6.45, 7) is 0. The van der Waals surface area contributed by atoms with Crippen molar-refractivity contribution in [1.82, 2.24) is 0 Å². The van der Waals surface area contributed by atoms with Gasteiger partial charge in [0.15, 0.2) is 5.36 Å². The molecule has 0 aliphatic heterocycles. The zero-order valence-corrected chi connectivity index (χ0v) is 10.1. The third kappa shape index (κ3) is 2.03. The van der Waals surface area contributed by atoms with Gasteiger partial charge in [0.1, 0.15) is 5.33 Å². The molecular formula is C11H6BrNO4. The van der Waals surface area contributed by atoms with Crippen LogP contribution in [0.15, 0.2) is 39.0 Å². The first-order valence-corrected chi connectivity index (χ1v) is 5.79. The lowest BCUT2D eigenvalue weighted by atomic mass is 10.2. The van der Waals surface area contributed by atoms with Crippen LogP contribution in [0, 0.1) is 0 Å². The second-order valence-corrected chi connectivity index (χ2v) is 3.80. The van der Waals surface area contributed by atoms with Crippen molar-refractivity contribution in [3.8, 4) is 0 Å². The van der Waals surface area contributed by atoms with Crippen molar-refractivity contribution >= 4 is 32.7 Å². The molecule has 0 heterocycles. The molecule has 0 radical (unpaired) electrons. The summed E-state index contributed by atoms with van der Waals surface area (Å²) in [5, 5.41) is 3.46. The SMILES string of the molecule is O=C(CBr)ON=c1c(=O)c2ccccc2c1=O. The van der Waals surface area contributed by atoms with E-state index in [2.05, 4.69) is 25.9 Å². The fraction of sp³-hybridized carbons (Fsp3) is 0.0909. The Morgan fingerprint density at radius 2 is 1.71 bits per heavy atom. The number of hydrogen-bond donors (Lipinski definition) is 0. The summed E-state index contributed by atoms with van der Waals surface area (Å²) in [6.07, 6.45) is 0. The lowest BCUT2D eigenvalue weighted by Crippen LogP contribution is -2.32. The van der Waals surface area contributed by atoms with Crippen LogP contribution < -0.4 is 16.2 Å². The van der Waals surface area contributed by atoms with Crippen molar-refractivity contribution in [2.45, 2.75) is 0 Å². The van der Waals surface area contributed by atoms with Crippen LogP contribution in [0.2, 0.25) is 0 Å². The molecule has 0 amide bonds. The van der Waals surface area contributed by atoms with Crippen LogP contribution in [0.3, 0.4) is 0 Å². The monoisotopic (exact) mass is 295 g/mol. The Hall–Kier alpha value is -1.82. The summed E-state index contributed by atoms with van der Waals surface area (Å²) in [4.78, 5) is 38.8. The van der Waals surface area contributed by atoms with Crippen LogP contribution in [0.4, 0.5) is 0 Å². The maximum atomic E-state index is 11.8. The Morgan fingerprint density at radius 1 is 1.18 bits per heavy atom. The molecule has 5 nitrogen and oxygen atoms in total. The van der Waals surface area contributed by atoms with Crippen molar-refractivity contribution in [2.75, 3.05) is 5.33 Å². The molecule has 86 valence electrons. The predicted molar refractivity (Wildman–Crippen MR) is 64.3 cm³/mol. The highest BCUT2D eigenvalue weighted by molar-refractivity contribution is 9.09. The molecule has 0 saturated heterocycles. The molecule has 0 atom stereocenters. The van der Waals surface area contributed by atoms with E-state index < -0.39 is 16.8 Å². The third-order valence-corrected chi connectivity index (χ3v) is 2.65. The zero-order chi connectivity index (χ0) is 12.4. The Kier molecular flexibility index (Phi) is 3.14. The molecule has 0 N–H and O–H groups in total. The molecule has 0 aliphatic carbocycles. The van der Waals surface area contributed by atoms with Crippen LogP contribution in [0.1, 0.15) is 0 Å². The van der Waals surface area contributed by atoms with Gasteiger partial charge in [0.05, 0.1) is 0 Å². The third-order valence-electron chi connectivity index (χ3n) is 2.19. The van der Waals surface area contributed by atoms with E-state index in [-0.39, 0.29) is 21.5 Å². The van der Waals surface area contributed by atoms with Crippen LogP contribution in [0.5, 0.6) is 0 Å². The molecule has 2 aromatic carbocycles. The number of hydrogen-bond acceptors (Lipinski definition) is 5. The van der Waals surface area contributed by atoms with Gasteiger partial charge in [-0.05, 0) is 0 Å². The van der Waals surface area contributed by atoms with Crippen molar-refractivity contribution in [3.63, 3.8) is 0 Å². The smallest absolute Gasteiger partial charge is 0.316 e. The Bertz CT molecular complexity index is 678. The first kappa shape index (κ1) is 11.7. The van der Waals surface area contributed by atoms with E-state index in [4.69, 9.17) is 0 Å². The molecule has 2 aromatic rings. The van der Waals surface area contributed by atoms with Crippen molar-refractivity contribution in [2.24, 2.45) is 5.16 Å². The van der Waals surface area contributed by atoms with Crippen molar-refractivity contribution < 1.29 is 9.63 Å². The highest BCUT2D eigenvalue weighted by atomic mass is 79.9. The highest BCUT2D eigenvalue weighted by Gasteiger charge is 2.10. The molecule has 2 rings (SSSR count). The molecule has 0 saturated carbocycles. The lowest BCUT2D eigenvalue weighted by molar-refractivity contribution is -0.140. The number of carbonyl (C=O) groups is 1. The number of nitrogens with zero attached hydrogens (tertiary/aromatic N) is 1. The number of carbonyl (C=O) groups excluding carboxylic acids is 1. The van der Waals surface area contributed by atoms with Crippen molar-refractivity contribution in [3.05, 3.63) is 50.1 Å². The molecule has 0 bridgehead atoms. The maximum absolute atomic E-state index is 11.8. The maximum Gasteiger partial charge on any atom is 0.345 e. The second kappa shape index (κ2) is 4.58. The Labute approximate surface area is 103 Å². The fourth-order valence-corrected chi connectivity index (χ4v) is 1.54. The number of halogens is 1. The number of alkyl halides is 1. The van der Waals surface area contributed by atoms with Crippen LogP contribution in [0.25, 0.3) is 10.8 Å². The lowest BCUT2D eigenvalue weighted by Gasteiger charge is -1.87. The number of rotatable bonds is 2. The minimum absolute atomic E-state index is 0.0564. The molecule has 0 aromatic heterocycles. The van der Waals surface area contributed by atoms with Gasteiger partial charge in [-0.25, -0.2) is 4.79 Å². The average Bonchev–Trinajstić information content (AvgIpc) is 2.60. The standard InChI is InChI=1S/C11H6BrNO4/c12-5-8(14)17-13-9-10(15)6-3-1-2-4-7(6)11(9)16/h1-4H,5H2. The minimum Gasteiger partial charge on any atom is -0.316 e. The summed E-state index contributed by atoms with van der Waals surface area (Å²) in [5.41, 5.74) is -1.04. The topological polar surface area (TPSA) is 72.8 Å². The van der Waals surface area contributed by atoms with E-state index in [1.165, 1.54) is 12.1 Å². The number of benzene rings is 1. The van der Waals surface area contributed by atoms with Gasteiger partial charge in [0, 0.05) is 10.8 Å². The van der Waals surface area contributed by atoms with Gasteiger partial charge in [-0.3, -0.25) is 9.59 Å². The first-order valence-electron chi connectivity index (χ1n) is 4.67. The van der Waals surface area contributed by atoms with Gasteiger partial charge in [-0.1, -0.05) is 45.4 Å². The van der Waals surface area contributed by atoms with Crippen molar-refractivity contribution in [1.29, 1.82) is 0 Å². The largest absolute Gasteiger partial charge is 0.345 e. The zero-order valence-electron chi connectivity index (χ0n) is 8.47. The summed E-state index contributed by atoms with van der Waals surface area (Å²) in [7, 11) is 0. The van der Waals surface area contributed by atoms with Crippen LogP contribution in [-0.4, -0.2) is 11.3 Å². The first-order chi connectivity index (χ1) is 8.15. The summed E-state index contributed by atoms with van der Waals surface area (Å²) in [6, 6.07) is 6.36. The van der Waals surface area contributed by atoms with Gasteiger partial charge in [-0.15, -0.1) is 0 Å². The molecule has 17 heavy (non-hydrogen) atoms. The summed E-state index contributed by atoms with van der Waals surface area (Å²) >= 11 is 2.87. The van der Waals surface area contributed by atoms with E-state index >= 15 is 0 Å².